The van der Waals surface area contributed by atoms with E-state index in [1.165, 1.54) is 12.3 Å². The summed E-state index contributed by atoms with van der Waals surface area (Å²) < 4.78 is 0. The van der Waals surface area contributed by atoms with Gasteiger partial charge < -0.3 is 0 Å². The Morgan fingerprint density at radius 2 is 2.42 bits per heavy atom. The van der Waals surface area contributed by atoms with Crippen molar-refractivity contribution in [3.63, 3.8) is 0 Å². The highest BCUT2D eigenvalue weighted by molar-refractivity contribution is 5.44. The lowest BCUT2D eigenvalue weighted by atomic mass is 10.2. The Bertz CT molecular complexity index is 367. The largest absolute Gasteiger partial charge is 0.305 e. The van der Waals surface area contributed by atoms with Gasteiger partial charge in [0.2, 0.25) is 5.69 Å². The number of rotatable bonds is 1. The number of nitriles is 1. The van der Waals surface area contributed by atoms with Crippen molar-refractivity contribution in [2.24, 2.45) is 0 Å². The van der Waals surface area contributed by atoms with E-state index in [-0.39, 0.29) is 11.4 Å². The third-order valence-electron chi connectivity index (χ3n) is 1.31. The quantitative estimate of drug-likeness (QED) is 0.459. The fraction of sp³-hybridized carbons (Fsp3) is 0.143. The van der Waals surface area contributed by atoms with Gasteiger partial charge in [-0.1, -0.05) is 0 Å². The van der Waals surface area contributed by atoms with Crippen LogP contribution in [-0.4, -0.2) is 9.91 Å². The molecular formula is C7H5N3O2. The molecule has 12 heavy (non-hydrogen) atoms. The number of nitrogens with zero attached hydrogens (tertiary/aromatic N) is 3. The second-order valence-electron chi connectivity index (χ2n) is 2.25. The van der Waals surface area contributed by atoms with Crippen LogP contribution in [0.4, 0.5) is 5.69 Å². The van der Waals surface area contributed by atoms with Crippen LogP contribution in [0.2, 0.25) is 0 Å². The van der Waals surface area contributed by atoms with Gasteiger partial charge in [-0.15, -0.1) is 0 Å². The summed E-state index contributed by atoms with van der Waals surface area (Å²) in [5.74, 6) is 0. The summed E-state index contributed by atoms with van der Waals surface area (Å²) in [6, 6.07) is 2.98. The van der Waals surface area contributed by atoms with E-state index in [0.717, 1.165) is 0 Å². The minimum atomic E-state index is -0.613. The lowest BCUT2D eigenvalue weighted by molar-refractivity contribution is -0.385. The summed E-state index contributed by atoms with van der Waals surface area (Å²) in [5, 5.41) is 18.8. The van der Waals surface area contributed by atoms with Crippen LogP contribution in [-0.2, 0) is 0 Å². The maximum atomic E-state index is 10.3. The summed E-state index contributed by atoms with van der Waals surface area (Å²) in [6.45, 7) is 1.68. The molecule has 1 aromatic heterocycles. The monoisotopic (exact) mass is 163 g/mol. The van der Waals surface area contributed by atoms with Crippen LogP contribution >= 0.6 is 0 Å². The van der Waals surface area contributed by atoms with E-state index in [2.05, 4.69) is 4.98 Å². The fourth-order valence-corrected chi connectivity index (χ4v) is 0.779. The normalized spacial score (nSPS) is 9.00. The van der Waals surface area contributed by atoms with Crippen molar-refractivity contribution in [1.29, 1.82) is 5.26 Å². The predicted molar refractivity (Wildman–Crippen MR) is 40.3 cm³/mol. The first-order chi connectivity index (χ1) is 5.65. The van der Waals surface area contributed by atoms with Crippen molar-refractivity contribution in [2.75, 3.05) is 0 Å². The average molecular weight is 163 g/mol. The molecule has 0 aliphatic carbocycles. The van der Waals surface area contributed by atoms with E-state index in [0.29, 0.717) is 5.56 Å². The van der Waals surface area contributed by atoms with Crippen molar-refractivity contribution in [2.45, 2.75) is 6.92 Å². The molecule has 0 saturated carbocycles. The summed E-state index contributed by atoms with van der Waals surface area (Å²) in [7, 11) is 0. The molecule has 5 heteroatoms. The number of hydrogen-bond donors (Lipinski definition) is 0. The molecule has 0 unspecified atom stereocenters. The Morgan fingerprint density at radius 3 is 2.92 bits per heavy atom. The first-order valence-electron chi connectivity index (χ1n) is 3.16. The molecule has 1 rings (SSSR count). The Hall–Kier alpha value is -1.96. The van der Waals surface area contributed by atoms with Gasteiger partial charge in [0.05, 0.1) is 4.92 Å². The second-order valence-corrected chi connectivity index (χ2v) is 2.25. The minimum absolute atomic E-state index is 0.148. The number of hydrogen-bond acceptors (Lipinski definition) is 4. The molecule has 0 radical (unpaired) electrons. The minimum Gasteiger partial charge on any atom is -0.258 e. The summed E-state index contributed by atoms with van der Waals surface area (Å²) in [4.78, 5) is 13.3. The molecule has 0 aliphatic rings. The standard InChI is InChI=1S/C7H5N3O2/c1-5-2-7(10(11)12)6(3-8)9-4-5/h2,4H,1H3. The summed E-state index contributed by atoms with van der Waals surface area (Å²) >= 11 is 0. The molecule has 60 valence electrons. The van der Waals surface area contributed by atoms with Crippen molar-refractivity contribution < 1.29 is 4.92 Å². The van der Waals surface area contributed by atoms with Crippen LogP contribution in [0.15, 0.2) is 12.3 Å². The van der Waals surface area contributed by atoms with Crippen LogP contribution in [0.5, 0.6) is 0 Å². The highest BCUT2D eigenvalue weighted by atomic mass is 16.6. The van der Waals surface area contributed by atoms with E-state index in [9.17, 15) is 10.1 Å². The Balaban J connectivity index is 3.34. The highest BCUT2D eigenvalue weighted by Crippen LogP contribution is 2.15. The molecule has 0 atom stereocenters. The maximum absolute atomic E-state index is 10.3. The van der Waals surface area contributed by atoms with Crippen LogP contribution in [0.3, 0.4) is 0 Å². The Kier molecular flexibility index (Phi) is 2.01. The molecule has 0 N–H and O–H groups in total. The van der Waals surface area contributed by atoms with Crippen LogP contribution in [0.1, 0.15) is 11.3 Å². The molecular weight excluding hydrogens is 158 g/mol. The average Bonchev–Trinajstić information content (AvgIpc) is 2.04. The zero-order valence-electron chi connectivity index (χ0n) is 6.31. The lowest BCUT2D eigenvalue weighted by Gasteiger charge is -1.93. The van der Waals surface area contributed by atoms with Gasteiger partial charge in [-0.05, 0) is 12.5 Å². The summed E-state index contributed by atoms with van der Waals surface area (Å²) in [5.41, 5.74) is 0.281. The van der Waals surface area contributed by atoms with Crippen LogP contribution in [0.25, 0.3) is 0 Å². The second kappa shape index (κ2) is 2.96. The number of pyridine rings is 1. The number of nitro groups is 1. The zero-order valence-corrected chi connectivity index (χ0v) is 6.31. The Morgan fingerprint density at radius 1 is 1.75 bits per heavy atom. The first-order valence-corrected chi connectivity index (χ1v) is 3.16. The van der Waals surface area contributed by atoms with E-state index < -0.39 is 4.92 Å². The van der Waals surface area contributed by atoms with Gasteiger partial charge in [-0.2, -0.15) is 5.26 Å². The predicted octanol–water partition coefficient (Wildman–Crippen LogP) is 1.17. The van der Waals surface area contributed by atoms with Gasteiger partial charge in [0.25, 0.3) is 0 Å². The van der Waals surface area contributed by atoms with Crippen LogP contribution < -0.4 is 0 Å². The zero-order chi connectivity index (χ0) is 9.14. The molecule has 1 aromatic rings. The van der Waals surface area contributed by atoms with Crippen molar-refractivity contribution in [3.8, 4) is 6.07 Å². The molecule has 1 heterocycles. The molecule has 0 aromatic carbocycles. The van der Waals surface area contributed by atoms with Gasteiger partial charge in [0.15, 0.2) is 0 Å². The van der Waals surface area contributed by atoms with E-state index in [1.807, 2.05) is 0 Å². The maximum Gasteiger partial charge on any atom is 0.305 e. The topological polar surface area (TPSA) is 79.8 Å². The molecule has 0 amide bonds. The lowest BCUT2D eigenvalue weighted by Crippen LogP contribution is -1.95. The molecule has 0 fully saturated rings. The van der Waals surface area contributed by atoms with E-state index in [1.54, 1.807) is 13.0 Å². The fourth-order valence-electron chi connectivity index (χ4n) is 0.779. The molecule has 0 spiro atoms. The van der Waals surface area contributed by atoms with Crippen molar-refractivity contribution in [3.05, 3.63) is 33.6 Å². The SMILES string of the molecule is Cc1cnc(C#N)c([N+](=O)[O-])c1. The van der Waals surface area contributed by atoms with E-state index in [4.69, 9.17) is 5.26 Å². The third kappa shape index (κ3) is 1.37. The number of aromatic nitrogens is 1. The molecule has 0 saturated heterocycles. The highest BCUT2D eigenvalue weighted by Gasteiger charge is 2.13. The van der Waals surface area contributed by atoms with Crippen LogP contribution in [0, 0.1) is 28.4 Å². The number of aryl methyl sites for hydroxylation is 1. The molecule has 0 aliphatic heterocycles. The van der Waals surface area contributed by atoms with Gasteiger partial charge in [-0.3, -0.25) is 10.1 Å². The first kappa shape index (κ1) is 8.14. The van der Waals surface area contributed by atoms with Gasteiger partial charge in [-0.25, -0.2) is 4.98 Å². The van der Waals surface area contributed by atoms with Gasteiger partial charge in [0.1, 0.15) is 6.07 Å². The third-order valence-corrected chi connectivity index (χ3v) is 1.31. The molecule has 0 bridgehead atoms. The smallest absolute Gasteiger partial charge is 0.258 e. The Labute approximate surface area is 68.4 Å². The van der Waals surface area contributed by atoms with Crippen molar-refractivity contribution in [1.82, 2.24) is 4.98 Å². The molecule has 5 nitrogen and oxygen atoms in total. The van der Waals surface area contributed by atoms with Gasteiger partial charge in [0, 0.05) is 12.3 Å². The van der Waals surface area contributed by atoms with Crippen molar-refractivity contribution >= 4 is 5.69 Å². The summed E-state index contributed by atoms with van der Waals surface area (Å²) in [6.07, 6.45) is 1.42. The van der Waals surface area contributed by atoms with E-state index >= 15 is 0 Å². The van der Waals surface area contributed by atoms with Gasteiger partial charge >= 0.3 is 5.69 Å².